The first kappa shape index (κ1) is 36.6. The van der Waals surface area contributed by atoms with Gasteiger partial charge in [-0.05, 0) is 72.0 Å². The molecule has 0 aliphatic rings. The lowest BCUT2D eigenvalue weighted by molar-refractivity contribution is 0.0925. The number of hydrazine groups is 1. The predicted molar refractivity (Wildman–Crippen MR) is 198 cm³/mol. The number of hydrogen-bond acceptors (Lipinski definition) is 10. The molecular weight excluding hydrogens is 685 g/mol. The molecule has 276 valence electrons. The van der Waals surface area contributed by atoms with Crippen LogP contribution in [0.5, 0.6) is 34.5 Å². The number of carbonyl (C=O) groups is 1. The minimum Gasteiger partial charge on any atom is -0.493 e. The van der Waals surface area contributed by atoms with Crippen LogP contribution in [0.15, 0.2) is 82.0 Å². The van der Waals surface area contributed by atoms with Gasteiger partial charge in [0.2, 0.25) is 0 Å². The van der Waals surface area contributed by atoms with E-state index in [9.17, 15) is 14.0 Å². The highest BCUT2D eigenvalue weighted by Crippen LogP contribution is 2.43. The molecule has 0 saturated heterocycles. The summed E-state index contributed by atoms with van der Waals surface area (Å²) in [5.41, 5.74) is 8.57. The SMILES string of the molecule is COc1ccc(CCn2c(C(=O)NNCCc3ccc(F)cc3)c(-c3ccc(OC)c(OC)c3)c3c4cc(OC)c(OC)cc4oc(=O)c32)cc1OC. The van der Waals surface area contributed by atoms with Gasteiger partial charge in [0.15, 0.2) is 34.5 Å². The van der Waals surface area contributed by atoms with E-state index < -0.39 is 11.5 Å². The summed E-state index contributed by atoms with van der Waals surface area (Å²) in [5, 5.41) is 0.985. The molecule has 0 unspecified atom stereocenters. The first-order chi connectivity index (χ1) is 25.7. The Kier molecular flexibility index (Phi) is 11.0. The topological polar surface area (TPSA) is 132 Å². The van der Waals surface area contributed by atoms with Crippen LogP contribution in [0.4, 0.5) is 4.39 Å². The first-order valence-corrected chi connectivity index (χ1v) is 16.7. The molecule has 0 aliphatic heterocycles. The van der Waals surface area contributed by atoms with Crippen LogP contribution >= 0.6 is 0 Å². The molecular formula is C40H40FN3O9. The number of amides is 1. The van der Waals surface area contributed by atoms with Gasteiger partial charge in [0.25, 0.3) is 5.91 Å². The second-order valence-corrected chi connectivity index (χ2v) is 12.0. The van der Waals surface area contributed by atoms with Gasteiger partial charge in [-0.25, -0.2) is 14.6 Å². The van der Waals surface area contributed by atoms with Crippen molar-refractivity contribution in [2.24, 2.45) is 0 Å². The number of fused-ring (bicyclic) bond motifs is 3. The van der Waals surface area contributed by atoms with Crippen molar-refractivity contribution in [3.05, 3.63) is 106 Å². The normalized spacial score (nSPS) is 11.1. The number of halogens is 1. The molecule has 13 heteroatoms. The van der Waals surface area contributed by atoms with E-state index in [1.165, 1.54) is 40.6 Å². The lowest BCUT2D eigenvalue weighted by Gasteiger charge is -2.15. The zero-order valence-corrected chi connectivity index (χ0v) is 30.3. The smallest absolute Gasteiger partial charge is 0.361 e. The van der Waals surface area contributed by atoms with Crippen molar-refractivity contribution in [3.63, 3.8) is 0 Å². The molecule has 2 aromatic heterocycles. The molecule has 6 aromatic rings. The molecule has 0 atom stereocenters. The van der Waals surface area contributed by atoms with Gasteiger partial charge in [-0.2, -0.15) is 0 Å². The van der Waals surface area contributed by atoms with Gasteiger partial charge in [0.1, 0.15) is 22.6 Å². The second kappa shape index (κ2) is 16.0. The van der Waals surface area contributed by atoms with Gasteiger partial charge in [-0.1, -0.05) is 24.3 Å². The Balaban J connectivity index is 1.57. The van der Waals surface area contributed by atoms with Gasteiger partial charge in [-0.3, -0.25) is 10.2 Å². The summed E-state index contributed by atoms with van der Waals surface area (Å²) < 4.78 is 54.4. The standard InChI is InChI=1S/C40H40FN3O9/c1-47-28-13-9-24(19-31(28)49-3)16-18-44-37(39(45)43-42-17-15-23-7-11-26(41)12-8-23)35(25-10-14-29(48-2)32(20-25)50-4)36-27-21-33(51-5)34(52-6)22-30(27)53-40(46)38(36)44/h7-14,19-22,42H,15-18H2,1-6H3,(H,43,45). The van der Waals surface area contributed by atoms with Crippen LogP contribution in [-0.4, -0.2) is 59.7 Å². The maximum atomic E-state index is 14.5. The number of benzene rings is 4. The molecule has 1 amide bonds. The Morgan fingerprint density at radius 1 is 0.698 bits per heavy atom. The van der Waals surface area contributed by atoms with Crippen LogP contribution < -0.4 is 44.9 Å². The maximum absolute atomic E-state index is 14.5. The van der Waals surface area contributed by atoms with E-state index >= 15 is 0 Å². The number of methoxy groups -OCH3 is 6. The Labute approximate surface area is 304 Å². The molecule has 0 saturated carbocycles. The Bertz CT molecular complexity index is 2330. The highest BCUT2D eigenvalue weighted by atomic mass is 19.1. The van der Waals surface area contributed by atoms with Gasteiger partial charge in [0.05, 0.1) is 42.7 Å². The van der Waals surface area contributed by atoms with E-state index in [4.69, 9.17) is 32.8 Å². The van der Waals surface area contributed by atoms with E-state index in [-0.39, 0.29) is 29.2 Å². The third-order valence-corrected chi connectivity index (χ3v) is 9.03. The quantitative estimate of drug-likeness (QED) is 0.0704. The van der Waals surface area contributed by atoms with E-state index in [0.29, 0.717) is 75.8 Å². The summed E-state index contributed by atoms with van der Waals surface area (Å²) in [5.74, 6) is 1.96. The molecule has 2 N–H and O–H groups in total. The molecule has 0 aliphatic carbocycles. The van der Waals surface area contributed by atoms with Crippen molar-refractivity contribution in [2.75, 3.05) is 49.2 Å². The van der Waals surface area contributed by atoms with Crippen molar-refractivity contribution in [2.45, 2.75) is 19.4 Å². The second-order valence-electron chi connectivity index (χ2n) is 12.0. The average Bonchev–Trinajstić information content (AvgIpc) is 3.54. The van der Waals surface area contributed by atoms with Crippen molar-refractivity contribution in [1.82, 2.24) is 15.4 Å². The number of nitrogens with zero attached hydrogens (tertiary/aromatic N) is 1. The predicted octanol–water partition coefficient (Wildman–Crippen LogP) is 6.33. The summed E-state index contributed by atoms with van der Waals surface area (Å²) in [7, 11) is 9.18. The van der Waals surface area contributed by atoms with Crippen molar-refractivity contribution >= 4 is 27.8 Å². The average molecular weight is 726 g/mol. The molecule has 0 radical (unpaired) electrons. The van der Waals surface area contributed by atoms with Gasteiger partial charge >= 0.3 is 5.63 Å². The molecule has 0 fully saturated rings. The van der Waals surface area contributed by atoms with Crippen molar-refractivity contribution in [3.8, 4) is 45.6 Å². The number of nitrogens with one attached hydrogen (secondary N) is 2. The molecule has 0 spiro atoms. The van der Waals surface area contributed by atoms with Crippen molar-refractivity contribution in [1.29, 1.82) is 0 Å². The van der Waals surface area contributed by atoms with Gasteiger partial charge < -0.3 is 37.4 Å². The van der Waals surface area contributed by atoms with Crippen LogP contribution in [0, 0.1) is 5.82 Å². The van der Waals surface area contributed by atoms with Crippen LogP contribution in [-0.2, 0) is 19.4 Å². The molecule has 4 aromatic carbocycles. The zero-order valence-electron chi connectivity index (χ0n) is 30.3. The van der Waals surface area contributed by atoms with Crippen LogP contribution in [0.3, 0.4) is 0 Å². The number of aryl methyl sites for hydroxylation is 2. The highest BCUT2D eigenvalue weighted by Gasteiger charge is 2.29. The van der Waals surface area contributed by atoms with Gasteiger partial charge in [0, 0.05) is 35.5 Å². The fourth-order valence-corrected chi connectivity index (χ4v) is 6.45. The summed E-state index contributed by atoms with van der Waals surface area (Å²) in [6.07, 6.45) is 0.915. The largest absolute Gasteiger partial charge is 0.493 e. The van der Waals surface area contributed by atoms with Gasteiger partial charge in [-0.15, -0.1) is 0 Å². The molecule has 12 nitrogen and oxygen atoms in total. The number of rotatable bonds is 15. The maximum Gasteiger partial charge on any atom is 0.361 e. The van der Waals surface area contributed by atoms with Crippen LogP contribution in [0.2, 0.25) is 0 Å². The fourth-order valence-electron chi connectivity index (χ4n) is 6.45. The number of ether oxygens (including phenoxy) is 6. The monoisotopic (exact) mass is 725 g/mol. The van der Waals surface area contributed by atoms with Crippen LogP contribution in [0.25, 0.3) is 33.0 Å². The molecule has 53 heavy (non-hydrogen) atoms. The highest BCUT2D eigenvalue weighted by molar-refractivity contribution is 6.18. The zero-order chi connectivity index (χ0) is 37.6. The fraction of sp³-hybridized carbons (Fsp3) is 0.250. The number of aromatic nitrogens is 1. The number of hydrogen-bond donors (Lipinski definition) is 2. The summed E-state index contributed by atoms with van der Waals surface area (Å²) in [6.45, 7) is 0.540. The van der Waals surface area contributed by atoms with Crippen molar-refractivity contribution < 1.29 is 42.0 Å². The number of carbonyl (C=O) groups excluding carboxylic acids is 1. The minimum absolute atomic E-state index is 0.173. The van der Waals surface area contributed by atoms with E-state index in [1.807, 2.05) is 12.1 Å². The summed E-state index contributed by atoms with van der Waals surface area (Å²) in [4.78, 5) is 28.6. The summed E-state index contributed by atoms with van der Waals surface area (Å²) >= 11 is 0. The molecule has 2 heterocycles. The Morgan fingerprint density at radius 2 is 1.28 bits per heavy atom. The Morgan fingerprint density at radius 3 is 1.94 bits per heavy atom. The van der Waals surface area contributed by atoms with E-state index in [0.717, 1.165) is 11.1 Å². The van der Waals surface area contributed by atoms with E-state index in [1.54, 1.807) is 67.3 Å². The van der Waals surface area contributed by atoms with Crippen LogP contribution in [0.1, 0.15) is 21.6 Å². The van der Waals surface area contributed by atoms with E-state index in [2.05, 4.69) is 10.9 Å². The third kappa shape index (κ3) is 7.28. The third-order valence-electron chi connectivity index (χ3n) is 9.03. The lowest BCUT2D eigenvalue weighted by Crippen LogP contribution is -2.39. The lowest BCUT2D eigenvalue weighted by atomic mass is 9.98. The Hall–Kier alpha value is -6.21. The summed E-state index contributed by atoms with van der Waals surface area (Å²) in [6, 6.07) is 20.3. The first-order valence-electron chi connectivity index (χ1n) is 16.7. The molecule has 6 rings (SSSR count). The minimum atomic E-state index is -0.655. The molecule has 0 bridgehead atoms.